The highest BCUT2D eigenvalue weighted by Crippen LogP contribution is 2.37. The Morgan fingerprint density at radius 2 is 1.82 bits per heavy atom. The second-order valence-electron chi connectivity index (χ2n) is 5.82. The van der Waals surface area contributed by atoms with Crippen molar-refractivity contribution >= 4 is 12.0 Å². The Morgan fingerprint density at radius 3 is 2.39 bits per heavy atom. The number of ether oxygens (including phenoxy) is 2. The Balaban J connectivity index is 2.02. The summed E-state index contributed by atoms with van der Waals surface area (Å²) in [4.78, 5) is 12.1. The lowest BCUT2D eigenvalue weighted by molar-refractivity contribution is -0.117. The Hall–Kier alpha value is -3.72. The number of phenols is 1. The van der Waals surface area contributed by atoms with Crippen LogP contribution in [0.2, 0.25) is 0 Å². The molecule has 6 heteroatoms. The lowest BCUT2D eigenvalue weighted by Gasteiger charge is -2.09. The molecule has 0 bridgehead atoms. The van der Waals surface area contributed by atoms with Crippen molar-refractivity contribution in [3.63, 3.8) is 0 Å². The van der Waals surface area contributed by atoms with Crippen molar-refractivity contribution in [2.75, 3.05) is 20.8 Å². The molecule has 0 saturated heterocycles. The van der Waals surface area contributed by atoms with E-state index in [0.717, 1.165) is 5.56 Å². The minimum absolute atomic E-state index is 0.00187. The molecule has 0 aliphatic rings. The number of nitrogens with one attached hydrogen (secondary N) is 1. The van der Waals surface area contributed by atoms with Crippen LogP contribution in [0.5, 0.6) is 17.2 Å². The van der Waals surface area contributed by atoms with Crippen LogP contribution in [0.3, 0.4) is 0 Å². The van der Waals surface area contributed by atoms with E-state index in [2.05, 4.69) is 5.32 Å². The zero-order chi connectivity index (χ0) is 20.4. The van der Waals surface area contributed by atoms with E-state index >= 15 is 0 Å². The average Bonchev–Trinajstić information content (AvgIpc) is 2.72. The largest absolute Gasteiger partial charge is 0.502 e. The van der Waals surface area contributed by atoms with Gasteiger partial charge in [0.15, 0.2) is 11.5 Å². The number of carbonyl (C=O) groups excluding carboxylic acids is 1. The Kier molecular flexibility index (Phi) is 7.67. The molecule has 2 aromatic rings. The van der Waals surface area contributed by atoms with Gasteiger partial charge in [-0.1, -0.05) is 42.5 Å². The van der Waals surface area contributed by atoms with Gasteiger partial charge >= 0.3 is 0 Å². The van der Waals surface area contributed by atoms with Crippen LogP contribution in [0.1, 0.15) is 11.1 Å². The second-order valence-corrected chi connectivity index (χ2v) is 5.82. The van der Waals surface area contributed by atoms with Gasteiger partial charge in [-0.2, -0.15) is 5.26 Å². The molecule has 0 aliphatic heterocycles. The quantitative estimate of drug-likeness (QED) is 0.418. The third-order valence-corrected chi connectivity index (χ3v) is 3.96. The minimum atomic E-state index is -0.427. The third-order valence-electron chi connectivity index (χ3n) is 3.96. The van der Waals surface area contributed by atoms with Gasteiger partial charge in [0.25, 0.3) is 5.91 Å². The van der Waals surface area contributed by atoms with Crippen LogP contribution in [0.15, 0.2) is 60.2 Å². The highest BCUT2D eigenvalue weighted by molar-refractivity contribution is 5.97. The van der Waals surface area contributed by atoms with Crippen molar-refractivity contribution in [2.24, 2.45) is 0 Å². The number of allylic oxidation sites excluding steroid dienone is 2. The van der Waals surface area contributed by atoms with Gasteiger partial charge < -0.3 is 19.9 Å². The van der Waals surface area contributed by atoms with E-state index in [4.69, 9.17) is 9.47 Å². The summed E-state index contributed by atoms with van der Waals surface area (Å²) in [5, 5.41) is 21.9. The lowest BCUT2D eigenvalue weighted by Crippen LogP contribution is -2.26. The molecule has 0 aliphatic carbocycles. The van der Waals surface area contributed by atoms with Gasteiger partial charge in [0.05, 0.1) is 14.2 Å². The molecule has 2 N–H and O–H groups in total. The van der Waals surface area contributed by atoms with Crippen molar-refractivity contribution < 1.29 is 19.4 Å². The molecule has 2 rings (SSSR count). The van der Waals surface area contributed by atoms with E-state index in [0.29, 0.717) is 18.5 Å². The molecule has 28 heavy (non-hydrogen) atoms. The number of aromatic hydroxyl groups is 1. The molecule has 6 nitrogen and oxygen atoms in total. The number of nitriles is 1. The van der Waals surface area contributed by atoms with Crippen molar-refractivity contribution in [2.45, 2.75) is 6.42 Å². The first-order valence-electron chi connectivity index (χ1n) is 8.64. The number of hydrogen-bond acceptors (Lipinski definition) is 5. The van der Waals surface area contributed by atoms with Gasteiger partial charge in [0.2, 0.25) is 5.75 Å². The van der Waals surface area contributed by atoms with Crippen LogP contribution in [0.25, 0.3) is 6.08 Å². The molecule has 0 heterocycles. The molecule has 144 valence electrons. The Morgan fingerprint density at radius 1 is 1.18 bits per heavy atom. The highest BCUT2D eigenvalue weighted by Gasteiger charge is 2.10. The maximum atomic E-state index is 12.1. The van der Waals surface area contributed by atoms with Crippen molar-refractivity contribution in [1.29, 1.82) is 5.26 Å². The molecule has 0 saturated carbocycles. The number of nitrogens with zero attached hydrogens (tertiary/aromatic N) is 1. The van der Waals surface area contributed by atoms with Crippen LogP contribution in [-0.2, 0) is 11.2 Å². The van der Waals surface area contributed by atoms with E-state index in [1.807, 2.05) is 36.4 Å². The molecule has 0 fully saturated rings. The van der Waals surface area contributed by atoms with Crippen LogP contribution < -0.4 is 14.8 Å². The number of carbonyl (C=O) groups is 1. The second kappa shape index (κ2) is 10.4. The van der Waals surface area contributed by atoms with Gasteiger partial charge in [-0.3, -0.25) is 4.79 Å². The summed E-state index contributed by atoms with van der Waals surface area (Å²) in [6.45, 7) is 0.442. The van der Waals surface area contributed by atoms with E-state index in [1.165, 1.54) is 20.3 Å². The van der Waals surface area contributed by atoms with Gasteiger partial charge in [0.1, 0.15) is 11.6 Å². The summed E-state index contributed by atoms with van der Waals surface area (Å²) in [6, 6.07) is 14.9. The van der Waals surface area contributed by atoms with Crippen molar-refractivity contribution in [3.05, 3.63) is 71.3 Å². The van der Waals surface area contributed by atoms with E-state index in [-0.39, 0.29) is 22.8 Å². The molecular weight excluding hydrogens is 356 g/mol. The molecule has 0 radical (unpaired) electrons. The van der Waals surface area contributed by atoms with Crippen molar-refractivity contribution in [1.82, 2.24) is 5.32 Å². The first-order chi connectivity index (χ1) is 13.6. The summed E-state index contributed by atoms with van der Waals surface area (Å²) in [7, 11) is 2.88. The number of phenolic OH excluding ortho intramolecular Hbond substituents is 1. The number of amides is 1. The van der Waals surface area contributed by atoms with Gasteiger partial charge in [0, 0.05) is 6.54 Å². The zero-order valence-electron chi connectivity index (χ0n) is 15.8. The molecule has 0 spiro atoms. The van der Waals surface area contributed by atoms with E-state index in [1.54, 1.807) is 24.3 Å². The van der Waals surface area contributed by atoms with E-state index in [9.17, 15) is 15.2 Å². The topological polar surface area (TPSA) is 91.6 Å². The standard InChI is InChI=1S/C22H22N2O4/c1-27-19-13-17(14-20(28-2)21(19)25)9-6-10-18(15-23)22(26)24-12-11-16-7-4-3-5-8-16/h3-10,13-14,25H,11-12H2,1-2H3,(H,24,26)/b9-6+,18-10+. The summed E-state index contributed by atoms with van der Waals surface area (Å²) >= 11 is 0. The molecule has 2 aromatic carbocycles. The average molecular weight is 378 g/mol. The SMILES string of the molecule is COc1cc(/C=C/C=C(\C#N)C(=O)NCCc2ccccc2)cc(OC)c1O. The zero-order valence-corrected chi connectivity index (χ0v) is 15.8. The molecule has 1 amide bonds. The number of methoxy groups -OCH3 is 2. The van der Waals surface area contributed by atoms with Gasteiger partial charge in [-0.25, -0.2) is 0 Å². The predicted molar refractivity (Wildman–Crippen MR) is 107 cm³/mol. The minimum Gasteiger partial charge on any atom is -0.502 e. The summed E-state index contributed by atoms with van der Waals surface area (Å²) < 4.78 is 10.2. The first kappa shape index (κ1) is 20.6. The van der Waals surface area contributed by atoms with Crippen LogP contribution in [0.4, 0.5) is 0 Å². The predicted octanol–water partition coefficient (Wildman–Crippen LogP) is 3.23. The first-order valence-corrected chi connectivity index (χ1v) is 8.64. The normalized spacial score (nSPS) is 11.1. The molecule has 0 atom stereocenters. The summed E-state index contributed by atoms with van der Waals surface area (Å²) in [6.07, 6.45) is 5.39. The smallest absolute Gasteiger partial charge is 0.261 e. The van der Waals surface area contributed by atoms with Crippen LogP contribution in [-0.4, -0.2) is 31.8 Å². The van der Waals surface area contributed by atoms with Crippen LogP contribution >= 0.6 is 0 Å². The Bertz CT molecular complexity index is 887. The number of hydrogen-bond donors (Lipinski definition) is 2. The van der Waals surface area contributed by atoms with E-state index < -0.39 is 5.91 Å². The fourth-order valence-electron chi connectivity index (χ4n) is 2.49. The van der Waals surface area contributed by atoms with Crippen molar-refractivity contribution in [3.8, 4) is 23.3 Å². The fourth-order valence-corrected chi connectivity index (χ4v) is 2.49. The third kappa shape index (κ3) is 5.64. The number of rotatable bonds is 8. The summed E-state index contributed by atoms with van der Waals surface area (Å²) in [5.41, 5.74) is 1.80. The van der Waals surface area contributed by atoms with Gasteiger partial charge in [-0.15, -0.1) is 0 Å². The molecule has 0 aromatic heterocycles. The monoisotopic (exact) mass is 378 g/mol. The maximum Gasteiger partial charge on any atom is 0.261 e. The van der Waals surface area contributed by atoms with Gasteiger partial charge in [-0.05, 0) is 35.8 Å². The molecule has 0 unspecified atom stereocenters. The maximum absolute atomic E-state index is 12.1. The number of benzene rings is 2. The highest BCUT2D eigenvalue weighted by atomic mass is 16.5. The Labute approximate surface area is 164 Å². The van der Waals surface area contributed by atoms with Crippen LogP contribution in [0, 0.1) is 11.3 Å². The molecular formula is C22H22N2O4. The fraction of sp³-hybridized carbons (Fsp3) is 0.182. The summed E-state index contributed by atoms with van der Waals surface area (Å²) in [5.74, 6) is 0.0152. The lowest BCUT2D eigenvalue weighted by atomic mass is 10.1.